The first-order valence-corrected chi connectivity index (χ1v) is 7.22. The summed E-state index contributed by atoms with van der Waals surface area (Å²) in [6.45, 7) is 0. The van der Waals surface area contributed by atoms with E-state index >= 15 is 0 Å². The van der Waals surface area contributed by atoms with Gasteiger partial charge in [0.05, 0.1) is 16.9 Å². The highest BCUT2D eigenvalue weighted by Gasteiger charge is 2.29. The predicted octanol–water partition coefficient (Wildman–Crippen LogP) is 2.97. The van der Waals surface area contributed by atoms with Gasteiger partial charge in [0, 0.05) is 28.7 Å². The third kappa shape index (κ3) is 1.46. The highest BCUT2D eigenvalue weighted by atomic mass is 16.1. The number of para-hydroxylation sites is 1. The number of benzene rings is 1. The number of carbonyl (C=O) groups is 1. The van der Waals surface area contributed by atoms with Crippen LogP contribution in [-0.2, 0) is 0 Å². The van der Waals surface area contributed by atoms with Crippen LogP contribution in [-0.4, -0.2) is 20.7 Å². The number of nitrogens with two attached hydrogens (primary N) is 1. The first-order valence-electron chi connectivity index (χ1n) is 7.22. The second kappa shape index (κ2) is 4.10. The molecule has 5 nitrogen and oxygen atoms in total. The van der Waals surface area contributed by atoms with Crippen molar-refractivity contribution in [2.24, 2.45) is 0 Å². The average Bonchev–Trinajstić information content (AvgIpc) is 2.60. The minimum absolute atomic E-state index is 0.184. The third-order valence-electron chi connectivity index (χ3n) is 4.26. The van der Waals surface area contributed by atoms with Gasteiger partial charge in [-0.2, -0.15) is 0 Å². The Hall–Kier alpha value is -3.34. The van der Waals surface area contributed by atoms with Gasteiger partial charge in [-0.1, -0.05) is 12.1 Å². The lowest BCUT2D eigenvalue weighted by Crippen LogP contribution is -2.15. The van der Waals surface area contributed by atoms with Gasteiger partial charge in [-0.3, -0.25) is 14.8 Å². The van der Waals surface area contributed by atoms with E-state index in [4.69, 9.17) is 5.73 Å². The van der Waals surface area contributed by atoms with E-state index in [1.807, 2.05) is 30.3 Å². The lowest BCUT2D eigenvalue weighted by Gasteiger charge is -2.18. The van der Waals surface area contributed by atoms with Crippen LogP contribution in [0.1, 0.15) is 16.2 Å². The van der Waals surface area contributed by atoms with Gasteiger partial charge in [0.2, 0.25) is 5.78 Å². The van der Waals surface area contributed by atoms with Gasteiger partial charge in [-0.05, 0) is 29.7 Å². The van der Waals surface area contributed by atoms with E-state index in [1.165, 1.54) is 0 Å². The van der Waals surface area contributed by atoms with Crippen LogP contribution >= 0.6 is 0 Å². The number of carbonyl (C=O) groups excluding carboxylic acids is 1. The fourth-order valence-electron chi connectivity index (χ4n) is 3.26. The quantitative estimate of drug-likeness (QED) is 0.351. The molecular weight excluding hydrogens is 288 g/mol. The molecule has 1 aromatic carbocycles. The van der Waals surface area contributed by atoms with Gasteiger partial charge in [-0.25, -0.2) is 4.98 Å². The van der Waals surface area contributed by atoms with Crippen LogP contribution in [0.4, 0.5) is 5.69 Å². The van der Waals surface area contributed by atoms with Crippen LogP contribution in [0.3, 0.4) is 0 Å². The fourth-order valence-corrected chi connectivity index (χ4v) is 3.26. The standard InChI is InChI=1S/C18H10N4O/c19-12-5-1-3-10-9-6-8-21-15-11-4-2-7-20-16(11)18(23)17(13(9)15)22-14(10)12/h1-8H,19H2. The largest absolute Gasteiger partial charge is 0.397 e. The number of pyridine rings is 3. The molecule has 0 radical (unpaired) electrons. The lowest BCUT2D eigenvalue weighted by atomic mass is 9.90. The smallest absolute Gasteiger partial charge is 0.231 e. The summed E-state index contributed by atoms with van der Waals surface area (Å²) in [5.41, 5.74) is 9.52. The van der Waals surface area contributed by atoms with E-state index < -0.39 is 0 Å². The van der Waals surface area contributed by atoms with Gasteiger partial charge < -0.3 is 5.73 Å². The second-order valence-corrected chi connectivity index (χ2v) is 5.51. The van der Waals surface area contributed by atoms with Crippen molar-refractivity contribution in [3.05, 3.63) is 60.2 Å². The topological polar surface area (TPSA) is 81.8 Å². The van der Waals surface area contributed by atoms with E-state index in [2.05, 4.69) is 15.0 Å². The number of ketones is 1. The summed E-state index contributed by atoms with van der Waals surface area (Å²) < 4.78 is 0. The summed E-state index contributed by atoms with van der Waals surface area (Å²) in [7, 11) is 0. The second-order valence-electron chi connectivity index (χ2n) is 5.51. The Bertz CT molecular complexity index is 1150. The average molecular weight is 298 g/mol. The minimum atomic E-state index is -0.184. The van der Waals surface area contributed by atoms with E-state index in [-0.39, 0.29) is 5.78 Å². The zero-order chi connectivity index (χ0) is 15.6. The number of aromatic nitrogens is 3. The molecule has 3 heterocycles. The molecular formula is C18H10N4O. The molecule has 0 bridgehead atoms. The first-order chi connectivity index (χ1) is 11.3. The Morgan fingerprint density at radius 1 is 0.826 bits per heavy atom. The SMILES string of the molecule is Nc1cccc2c1nc1c3c(nccc32)-c2cccnc2C1=O. The maximum absolute atomic E-state index is 12.9. The first kappa shape index (κ1) is 12.2. The summed E-state index contributed by atoms with van der Waals surface area (Å²) in [6.07, 6.45) is 3.36. The summed E-state index contributed by atoms with van der Waals surface area (Å²) in [6, 6.07) is 11.2. The van der Waals surface area contributed by atoms with Crippen molar-refractivity contribution in [3.8, 4) is 11.3 Å². The van der Waals surface area contributed by atoms with Crippen molar-refractivity contribution < 1.29 is 4.79 Å². The summed E-state index contributed by atoms with van der Waals surface area (Å²) in [5, 5.41) is 2.63. The third-order valence-corrected chi connectivity index (χ3v) is 4.26. The molecule has 5 heteroatoms. The van der Waals surface area contributed by atoms with Crippen LogP contribution in [0.25, 0.3) is 32.9 Å². The zero-order valence-electron chi connectivity index (χ0n) is 11.9. The maximum Gasteiger partial charge on any atom is 0.231 e. The molecule has 0 aliphatic heterocycles. The highest BCUT2D eigenvalue weighted by Crippen LogP contribution is 2.39. The van der Waals surface area contributed by atoms with Gasteiger partial charge in [0.15, 0.2) is 0 Å². The van der Waals surface area contributed by atoms with E-state index in [1.54, 1.807) is 18.5 Å². The molecule has 5 rings (SSSR count). The lowest BCUT2D eigenvalue weighted by molar-refractivity contribution is 0.103. The molecule has 0 fully saturated rings. The molecule has 0 unspecified atom stereocenters. The molecule has 4 aromatic rings. The van der Waals surface area contributed by atoms with E-state index in [9.17, 15) is 4.79 Å². The molecule has 0 saturated carbocycles. The van der Waals surface area contributed by atoms with Crippen LogP contribution in [0.2, 0.25) is 0 Å². The van der Waals surface area contributed by atoms with Crippen molar-refractivity contribution in [3.63, 3.8) is 0 Å². The molecule has 3 aromatic heterocycles. The molecule has 1 aliphatic rings. The molecule has 0 atom stereocenters. The Balaban J connectivity index is 2.09. The van der Waals surface area contributed by atoms with Gasteiger partial charge >= 0.3 is 0 Å². The molecule has 0 saturated heterocycles. The molecule has 108 valence electrons. The number of rotatable bonds is 0. The Morgan fingerprint density at radius 2 is 1.70 bits per heavy atom. The number of anilines is 1. The van der Waals surface area contributed by atoms with Crippen molar-refractivity contribution in [2.45, 2.75) is 0 Å². The van der Waals surface area contributed by atoms with Gasteiger partial charge in [0.1, 0.15) is 11.4 Å². The minimum Gasteiger partial charge on any atom is -0.397 e. The van der Waals surface area contributed by atoms with E-state index in [0.717, 1.165) is 27.4 Å². The number of nitrogens with zero attached hydrogens (tertiary/aromatic N) is 3. The number of hydrogen-bond donors (Lipinski definition) is 1. The highest BCUT2D eigenvalue weighted by molar-refractivity contribution is 6.27. The van der Waals surface area contributed by atoms with Crippen LogP contribution in [0.15, 0.2) is 48.8 Å². The zero-order valence-corrected chi connectivity index (χ0v) is 11.9. The molecule has 23 heavy (non-hydrogen) atoms. The van der Waals surface area contributed by atoms with Crippen LogP contribution < -0.4 is 5.73 Å². The van der Waals surface area contributed by atoms with Crippen molar-refractivity contribution in [1.29, 1.82) is 0 Å². The fraction of sp³-hybridized carbons (Fsp3) is 0. The Morgan fingerprint density at radius 3 is 2.61 bits per heavy atom. The van der Waals surface area contributed by atoms with E-state index in [0.29, 0.717) is 22.6 Å². The summed E-state index contributed by atoms with van der Waals surface area (Å²) in [5.74, 6) is -0.184. The van der Waals surface area contributed by atoms with Crippen molar-refractivity contribution >= 4 is 33.1 Å². The Kier molecular flexibility index (Phi) is 2.18. The molecule has 1 aliphatic carbocycles. The molecule has 0 amide bonds. The number of fused-ring (bicyclic) bond motifs is 4. The summed E-state index contributed by atoms with van der Waals surface area (Å²) >= 11 is 0. The maximum atomic E-state index is 12.9. The van der Waals surface area contributed by atoms with Crippen molar-refractivity contribution in [2.75, 3.05) is 5.73 Å². The van der Waals surface area contributed by atoms with Crippen molar-refractivity contribution in [1.82, 2.24) is 15.0 Å². The monoisotopic (exact) mass is 298 g/mol. The Labute approximate surface area is 130 Å². The normalized spacial score (nSPS) is 12.6. The number of nitrogen functional groups attached to an aromatic ring is 1. The van der Waals surface area contributed by atoms with Gasteiger partial charge in [0.25, 0.3) is 0 Å². The molecule has 2 N–H and O–H groups in total. The van der Waals surface area contributed by atoms with Crippen LogP contribution in [0.5, 0.6) is 0 Å². The summed E-state index contributed by atoms with van der Waals surface area (Å²) in [4.78, 5) is 26.1. The van der Waals surface area contributed by atoms with Gasteiger partial charge in [-0.15, -0.1) is 0 Å². The predicted molar refractivity (Wildman–Crippen MR) is 88.1 cm³/mol. The molecule has 0 spiro atoms. The number of hydrogen-bond acceptors (Lipinski definition) is 5. The van der Waals surface area contributed by atoms with Crippen LogP contribution in [0, 0.1) is 0 Å².